The predicted molar refractivity (Wildman–Crippen MR) is 73.9 cm³/mol. The average Bonchev–Trinajstić information content (AvgIpc) is 2.43. The maximum Gasteiger partial charge on any atom is 0.123 e. The van der Waals surface area contributed by atoms with Gasteiger partial charge in [-0.3, -0.25) is 0 Å². The molecule has 0 saturated carbocycles. The van der Waals surface area contributed by atoms with E-state index in [-0.39, 0.29) is 5.82 Å². The summed E-state index contributed by atoms with van der Waals surface area (Å²) in [4.78, 5) is 0. The molecule has 0 saturated heterocycles. The van der Waals surface area contributed by atoms with E-state index in [4.69, 9.17) is 0 Å². The van der Waals surface area contributed by atoms with Crippen molar-refractivity contribution in [3.63, 3.8) is 0 Å². The van der Waals surface area contributed by atoms with E-state index in [1.54, 1.807) is 0 Å². The minimum atomic E-state index is -0.171. The zero-order valence-electron chi connectivity index (χ0n) is 10.5. The highest BCUT2D eigenvalue weighted by molar-refractivity contribution is 5.21. The lowest BCUT2D eigenvalue weighted by Crippen LogP contribution is -1.99. The van der Waals surface area contributed by atoms with Crippen LogP contribution in [0.5, 0.6) is 0 Å². The molecule has 0 fully saturated rings. The first kappa shape index (κ1) is 12.8. The van der Waals surface area contributed by atoms with Crippen LogP contribution in [0.2, 0.25) is 0 Å². The molecule has 2 aromatic rings. The third-order valence-corrected chi connectivity index (χ3v) is 3.31. The molecule has 0 aliphatic heterocycles. The Hall–Kier alpha value is -1.63. The summed E-state index contributed by atoms with van der Waals surface area (Å²) in [5, 5.41) is 0. The van der Waals surface area contributed by atoms with Crippen LogP contribution in [0.3, 0.4) is 0 Å². The number of halogens is 1. The molecule has 0 bridgehead atoms. The molecule has 0 heterocycles. The summed E-state index contributed by atoms with van der Waals surface area (Å²) in [6, 6.07) is 17.2. The second kappa shape index (κ2) is 6.34. The molecule has 93 valence electrons. The van der Waals surface area contributed by atoms with Crippen molar-refractivity contribution in [2.75, 3.05) is 0 Å². The van der Waals surface area contributed by atoms with E-state index in [0.717, 1.165) is 19.3 Å². The third kappa shape index (κ3) is 3.43. The topological polar surface area (TPSA) is 0 Å². The van der Waals surface area contributed by atoms with Crippen LogP contribution in [-0.4, -0.2) is 0 Å². The summed E-state index contributed by atoms with van der Waals surface area (Å²) in [6.45, 7) is 4.03. The molecule has 2 rings (SSSR count). The summed E-state index contributed by atoms with van der Waals surface area (Å²) in [5.74, 6) is 0.312. The van der Waals surface area contributed by atoms with Crippen LogP contribution < -0.4 is 0 Å². The standard InChI is InChI=1S/C17H18F/c1-2-15(16-6-4-3-5-7-16)11-8-14-9-12-17(18)13-10-14/h3-7,9-10,12-13,15H,1-2,8,11H2. The molecule has 0 spiro atoms. The smallest absolute Gasteiger partial charge is 0.123 e. The molecule has 18 heavy (non-hydrogen) atoms. The Kier molecular flexibility index (Phi) is 4.52. The Labute approximate surface area is 108 Å². The zero-order valence-corrected chi connectivity index (χ0v) is 10.5. The molecule has 0 amide bonds. The summed E-state index contributed by atoms with van der Waals surface area (Å²) in [5.41, 5.74) is 2.53. The largest absolute Gasteiger partial charge is 0.207 e. The van der Waals surface area contributed by atoms with Crippen molar-refractivity contribution >= 4 is 0 Å². The van der Waals surface area contributed by atoms with Gasteiger partial charge in [0.05, 0.1) is 0 Å². The number of hydrogen-bond acceptors (Lipinski definition) is 0. The zero-order chi connectivity index (χ0) is 12.8. The molecule has 1 heteroatoms. The maximum absolute atomic E-state index is 12.8. The van der Waals surface area contributed by atoms with Gasteiger partial charge in [0, 0.05) is 0 Å². The number of benzene rings is 2. The Bertz CT molecular complexity index is 459. The summed E-state index contributed by atoms with van der Waals surface area (Å²) < 4.78 is 12.8. The van der Waals surface area contributed by atoms with E-state index in [1.807, 2.05) is 18.2 Å². The van der Waals surface area contributed by atoms with Gasteiger partial charge in [-0.2, -0.15) is 0 Å². The molecular formula is C17H18F. The van der Waals surface area contributed by atoms with E-state index >= 15 is 0 Å². The molecule has 1 atom stereocenters. The van der Waals surface area contributed by atoms with Crippen LogP contribution in [0.1, 0.15) is 29.9 Å². The van der Waals surface area contributed by atoms with Crippen molar-refractivity contribution in [1.82, 2.24) is 0 Å². The van der Waals surface area contributed by atoms with Crippen molar-refractivity contribution in [1.29, 1.82) is 0 Å². The highest BCUT2D eigenvalue weighted by atomic mass is 19.1. The normalized spacial score (nSPS) is 12.3. The summed E-state index contributed by atoms with van der Waals surface area (Å²) >= 11 is 0. The molecule has 0 aliphatic rings. The van der Waals surface area contributed by atoms with Crippen molar-refractivity contribution < 1.29 is 4.39 Å². The van der Waals surface area contributed by atoms with Gasteiger partial charge in [0.1, 0.15) is 5.82 Å². The van der Waals surface area contributed by atoms with Crippen molar-refractivity contribution in [3.05, 3.63) is 78.5 Å². The van der Waals surface area contributed by atoms with E-state index in [9.17, 15) is 4.39 Å². The third-order valence-electron chi connectivity index (χ3n) is 3.31. The first-order chi connectivity index (χ1) is 8.79. The lowest BCUT2D eigenvalue weighted by Gasteiger charge is -2.15. The average molecular weight is 241 g/mol. The van der Waals surface area contributed by atoms with E-state index < -0.39 is 0 Å². The summed E-state index contributed by atoms with van der Waals surface area (Å²) in [6.07, 6.45) is 2.92. The van der Waals surface area contributed by atoms with E-state index in [2.05, 4.69) is 31.2 Å². The molecule has 0 nitrogen and oxygen atoms in total. The predicted octanol–water partition coefficient (Wildman–Crippen LogP) is 4.77. The number of aryl methyl sites for hydroxylation is 1. The van der Waals surface area contributed by atoms with Gasteiger partial charge in [0.25, 0.3) is 0 Å². The van der Waals surface area contributed by atoms with Crippen LogP contribution in [0.15, 0.2) is 54.6 Å². The fourth-order valence-corrected chi connectivity index (χ4v) is 2.19. The fraction of sp³-hybridized carbons (Fsp3) is 0.235. The van der Waals surface area contributed by atoms with E-state index in [1.165, 1.54) is 23.3 Å². The second-order valence-electron chi connectivity index (χ2n) is 4.56. The Morgan fingerprint density at radius 2 is 1.61 bits per heavy atom. The van der Waals surface area contributed by atoms with Crippen molar-refractivity contribution in [3.8, 4) is 0 Å². The number of hydrogen-bond donors (Lipinski definition) is 0. The molecule has 1 radical (unpaired) electrons. The highest BCUT2D eigenvalue weighted by Gasteiger charge is 2.08. The van der Waals surface area contributed by atoms with Gasteiger partial charge in [-0.15, -0.1) is 0 Å². The highest BCUT2D eigenvalue weighted by Crippen LogP contribution is 2.24. The van der Waals surface area contributed by atoms with Crippen LogP contribution in [0, 0.1) is 12.7 Å². The minimum absolute atomic E-state index is 0.171. The van der Waals surface area contributed by atoms with Crippen molar-refractivity contribution in [2.24, 2.45) is 0 Å². The van der Waals surface area contributed by atoms with E-state index in [0.29, 0.717) is 5.92 Å². The first-order valence-electron chi connectivity index (χ1n) is 6.38. The molecule has 2 aromatic carbocycles. The van der Waals surface area contributed by atoms with Gasteiger partial charge >= 0.3 is 0 Å². The first-order valence-corrected chi connectivity index (χ1v) is 6.38. The molecule has 1 unspecified atom stereocenters. The maximum atomic E-state index is 12.8. The quantitative estimate of drug-likeness (QED) is 0.707. The second-order valence-corrected chi connectivity index (χ2v) is 4.56. The van der Waals surface area contributed by atoms with Crippen LogP contribution in [0.25, 0.3) is 0 Å². The Morgan fingerprint density at radius 3 is 2.22 bits per heavy atom. The lowest BCUT2D eigenvalue weighted by atomic mass is 9.90. The van der Waals surface area contributed by atoms with Gasteiger partial charge in [-0.25, -0.2) is 4.39 Å². The van der Waals surface area contributed by atoms with Gasteiger partial charge in [-0.1, -0.05) is 49.4 Å². The molecular weight excluding hydrogens is 223 g/mol. The van der Waals surface area contributed by atoms with Crippen LogP contribution in [-0.2, 0) is 6.42 Å². The van der Waals surface area contributed by atoms with Gasteiger partial charge in [0.2, 0.25) is 0 Å². The Morgan fingerprint density at radius 1 is 0.944 bits per heavy atom. The SMILES string of the molecule is [CH2]CC(CCc1ccc(F)cc1)c1ccccc1. The lowest BCUT2D eigenvalue weighted by molar-refractivity contribution is 0.619. The fourth-order valence-electron chi connectivity index (χ4n) is 2.19. The summed E-state index contributed by atoms with van der Waals surface area (Å²) in [7, 11) is 0. The van der Waals surface area contributed by atoms with Crippen LogP contribution >= 0.6 is 0 Å². The monoisotopic (exact) mass is 241 g/mol. The van der Waals surface area contributed by atoms with Crippen LogP contribution in [0.4, 0.5) is 4.39 Å². The van der Waals surface area contributed by atoms with Gasteiger partial charge < -0.3 is 0 Å². The molecule has 0 aromatic heterocycles. The Balaban J connectivity index is 1.97. The van der Waals surface area contributed by atoms with Gasteiger partial charge in [0.15, 0.2) is 0 Å². The molecule has 0 aliphatic carbocycles. The number of rotatable bonds is 5. The minimum Gasteiger partial charge on any atom is -0.207 e. The van der Waals surface area contributed by atoms with Gasteiger partial charge in [-0.05, 0) is 48.4 Å². The molecule has 0 N–H and O–H groups in total. The van der Waals surface area contributed by atoms with Crippen molar-refractivity contribution in [2.45, 2.75) is 25.2 Å².